The van der Waals surface area contributed by atoms with Gasteiger partial charge in [0.05, 0.1) is 25.2 Å². The maximum absolute atomic E-state index is 12.3. The molecule has 0 aromatic carbocycles. The second kappa shape index (κ2) is 6.23. The van der Waals surface area contributed by atoms with Crippen LogP contribution < -0.4 is 5.32 Å². The average molecular weight is 297 g/mol. The highest BCUT2D eigenvalue weighted by Crippen LogP contribution is 2.55. The third-order valence-electron chi connectivity index (χ3n) is 5.79. The third-order valence-corrected chi connectivity index (χ3v) is 5.79. The Bertz CT molecular complexity index is 388. The Labute approximate surface area is 126 Å². The van der Waals surface area contributed by atoms with Crippen LogP contribution in [0.3, 0.4) is 0 Å². The molecule has 3 aliphatic rings. The van der Waals surface area contributed by atoms with Gasteiger partial charge in [-0.3, -0.25) is 4.79 Å². The van der Waals surface area contributed by atoms with Crippen LogP contribution in [0.25, 0.3) is 0 Å². The molecule has 0 radical (unpaired) electrons. The number of carbonyl (C=O) groups is 1. The van der Waals surface area contributed by atoms with Crippen LogP contribution in [0.5, 0.6) is 0 Å². The molecule has 0 spiro atoms. The minimum Gasteiger partial charge on any atom is -0.469 e. The van der Waals surface area contributed by atoms with Crippen LogP contribution in [0.2, 0.25) is 0 Å². The van der Waals surface area contributed by atoms with E-state index in [1.807, 2.05) is 0 Å². The van der Waals surface area contributed by atoms with Gasteiger partial charge < -0.3 is 19.5 Å². The van der Waals surface area contributed by atoms with Crippen LogP contribution in [0.4, 0.5) is 0 Å². The molecular weight excluding hydrogens is 270 g/mol. The molecule has 120 valence electrons. The van der Waals surface area contributed by atoms with E-state index in [9.17, 15) is 4.79 Å². The normalized spacial score (nSPS) is 42.8. The van der Waals surface area contributed by atoms with Gasteiger partial charge in [0.25, 0.3) is 0 Å². The van der Waals surface area contributed by atoms with Gasteiger partial charge in [0.15, 0.2) is 0 Å². The third kappa shape index (κ3) is 2.71. The summed E-state index contributed by atoms with van der Waals surface area (Å²) < 4.78 is 16.1. The molecule has 3 fully saturated rings. The van der Waals surface area contributed by atoms with Crippen molar-refractivity contribution in [2.75, 3.05) is 27.4 Å². The van der Waals surface area contributed by atoms with E-state index in [2.05, 4.69) is 5.32 Å². The van der Waals surface area contributed by atoms with Crippen molar-refractivity contribution in [2.45, 2.75) is 56.7 Å². The van der Waals surface area contributed by atoms with Crippen LogP contribution in [0.1, 0.15) is 38.5 Å². The molecule has 0 aromatic heterocycles. The van der Waals surface area contributed by atoms with Gasteiger partial charge in [-0.15, -0.1) is 0 Å². The number of ether oxygens (including phenoxy) is 3. The fraction of sp³-hybridized carbons (Fsp3) is 0.938. The van der Waals surface area contributed by atoms with Crippen molar-refractivity contribution in [3.05, 3.63) is 0 Å². The SMILES string of the molecule is COC(=O)[C@@]12CCC[C@@H]1C[C@@H](NC1CCOC[C@H]1OC)C2. The molecule has 2 aliphatic carbocycles. The number of fused-ring (bicyclic) bond motifs is 1. The van der Waals surface area contributed by atoms with Crippen molar-refractivity contribution in [3.63, 3.8) is 0 Å². The van der Waals surface area contributed by atoms with Gasteiger partial charge in [-0.1, -0.05) is 6.42 Å². The minimum atomic E-state index is -0.222. The lowest BCUT2D eigenvalue weighted by molar-refractivity contribution is -0.154. The summed E-state index contributed by atoms with van der Waals surface area (Å²) in [6.45, 7) is 1.45. The number of rotatable bonds is 4. The Kier molecular flexibility index (Phi) is 4.52. The lowest BCUT2D eigenvalue weighted by atomic mass is 9.80. The van der Waals surface area contributed by atoms with Crippen molar-refractivity contribution in [1.29, 1.82) is 0 Å². The highest BCUT2D eigenvalue weighted by atomic mass is 16.5. The predicted molar refractivity (Wildman–Crippen MR) is 78.0 cm³/mol. The molecule has 0 aromatic rings. The first-order chi connectivity index (χ1) is 10.2. The summed E-state index contributed by atoms with van der Waals surface area (Å²) in [5, 5.41) is 3.74. The van der Waals surface area contributed by atoms with E-state index in [-0.39, 0.29) is 17.5 Å². The summed E-state index contributed by atoms with van der Waals surface area (Å²) in [7, 11) is 3.26. The van der Waals surface area contributed by atoms with Crippen LogP contribution in [-0.2, 0) is 19.0 Å². The lowest BCUT2D eigenvalue weighted by Gasteiger charge is -2.33. The highest BCUT2D eigenvalue weighted by molar-refractivity contribution is 5.78. The topological polar surface area (TPSA) is 56.8 Å². The van der Waals surface area contributed by atoms with E-state index in [1.54, 1.807) is 7.11 Å². The zero-order chi connectivity index (χ0) is 14.9. The fourth-order valence-electron chi connectivity index (χ4n) is 4.74. The Balaban J connectivity index is 1.65. The number of hydrogen-bond donors (Lipinski definition) is 1. The van der Waals surface area contributed by atoms with Crippen LogP contribution in [0.15, 0.2) is 0 Å². The molecule has 1 saturated heterocycles. The number of nitrogens with one attached hydrogen (secondary N) is 1. The molecule has 1 unspecified atom stereocenters. The molecule has 1 N–H and O–H groups in total. The highest BCUT2D eigenvalue weighted by Gasteiger charge is 2.56. The first kappa shape index (κ1) is 15.3. The van der Waals surface area contributed by atoms with Crippen LogP contribution >= 0.6 is 0 Å². The van der Waals surface area contributed by atoms with E-state index >= 15 is 0 Å². The molecule has 5 atom stereocenters. The van der Waals surface area contributed by atoms with Gasteiger partial charge in [-0.05, 0) is 38.0 Å². The minimum absolute atomic E-state index is 0.00423. The molecule has 3 rings (SSSR count). The largest absolute Gasteiger partial charge is 0.469 e. The first-order valence-corrected chi connectivity index (χ1v) is 8.14. The molecule has 0 bridgehead atoms. The van der Waals surface area contributed by atoms with Gasteiger partial charge >= 0.3 is 5.97 Å². The molecule has 2 saturated carbocycles. The van der Waals surface area contributed by atoms with Crippen LogP contribution in [-0.4, -0.2) is 51.6 Å². The van der Waals surface area contributed by atoms with Gasteiger partial charge in [-0.2, -0.15) is 0 Å². The number of hydrogen-bond acceptors (Lipinski definition) is 5. The van der Waals surface area contributed by atoms with Gasteiger partial charge in [-0.25, -0.2) is 0 Å². The summed E-state index contributed by atoms with van der Waals surface area (Å²) in [6, 6.07) is 0.734. The molecule has 5 heteroatoms. The second-order valence-electron chi connectivity index (χ2n) is 6.78. The van der Waals surface area contributed by atoms with Crippen LogP contribution in [0, 0.1) is 11.3 Å². The standard InChI is InChI=1S/C16H27NO4/c1-19-14-10-21-7-5-13(14)17-12-8-11-4-3-6-16(11,9-12)15(18)20-2/h11-14,17H,3-10H2,1-2H3/t11-,12-,13?,14-,16-/m1/s1. The summed E-state index contributed by atoms with van der Waals surface area (Å²) in [5.74, 6) is 0.493. The zero-order valence-corrected chi connectivity index (χ0v) is 13.1. The predicted octanol–water partition coefficient (Wildman–Crippen LogP) is 1.50. The quantitative estimate of drug-likeness (QED) is 0.797. The Morgan fingerprint density at radius 1 is 1.33 bits per heavy atom. The number of methoxy groups -OCH3 is 2. The summed E-state index contributed by atoms with van der Waals surface area (Å²) in [6.07, 6.45) is 6.41. The van der Waals surface area contributed by atoms with Gasteiger partial charge in [0, 0.05) is 25.8 Å². The van der Waals surface area contributed by atoms with Crippen molar-refractivity contribution < 1.29 is 19.0 Å². The molecule has 1 aliphatic heterocycles. The van der Waals surface area contributed by atoms with E-state index in [0.29, 0.717) is 24.6 Å². The van der Waals surface area contributed by atoms with E-state index < -0.39 is 0 Å². The summed E-state index contributed by atoms with van der Waals surface area (Å²) in [4.78, 5) is 12.3. The molecule has 0 amide bonds. The number of esters is 1. The second-order valence-corrected chi connectivity index (χ2v) is 6.78. The monoisotopic (exact) mass is 297 g/mol. The molecule has 1 heterocycles. The van der Waals surface area contributed by atoms with Gasteiger partial charge in [0.2, 0.25) is 0 Å². The number of carbonyl (C=O) groups excluding carboxylic acids is 1. The lowest BCUT2D eigenvalue weighted by Crippen LogP contribution is -2.50. The molecule has 5 nitrogen and oxygen atoms in total. The molecular formula is C16H27NO4. The van der Waals surface area contributed by atoms with Gasteiger partial charge in [0.1, 0.15) is 0 Å². The maximum Gasteiger partial charge on any atom is 0.312 e. The molecule has 21 heavy (non-hydrogen) atoms. The maximum atomic E-state index is 12.3. The van der Waals surface area contributed by atoms with E-state index in [0.717, 1.165) is 45.1 Å². The van der Waals surface area contributed by atoms with Crippen molar-refractivity contribution in [2.24, 2.45) is 11.3 Å². The zero-order valence-electron chi connectivity index (χ0n) is 13.1. The smallest absolute Gasteiger partial charge is 0.312 e. The Morgan fingerprint density at radius 2 is 2.19 bits per heavy atom. The Hall–Kier alpha value is -0.650. The van der Waals surface area contributed by atoms with Crippen molar-refractivity contribution in [3.8, 4) is 0 Å². The van der Waals surface area contributed by atoms with E-state index in [1.165, 1.54) is 7.11 Å². The first-order valence-electron chi connectivity index (χ1n) is 8.14. The summed E-state index contributed by atoms with van der Waals surface area (Å²) in [5.41, 5.74) is -0.222. The van der Waals surface area contributed by atoms with Crippen molar-refractivity contribution >= 4 is 5.97 Å². The summed E-state index contributed by atoms with van der Waals surface area (Å²) >= 11 is 0. The fourth-order valence-corrected chi connectivity index (χ4v) is 4.74. The van der Waals surface area contributed by atoms with Crippen molar-refractivity contribution in [1.82, 2.24) is 5.32 Å². The average Bonchev–Trinajstić information content (AvgIpc) is 3.04. The Morgan fingerprint density at radius 3 is 2.95 bits per heavy atom. The van der Waals surface area contributed by atoms with E-state index in [4.69, 9.17) is 14.2 Å².